The first kappa shape index (κ1) is 24.1. The molecule has 2 atom stereocenters. The molecular formula is C25H23ClF2N4O4. The second-order valence-electron chi connectivity index (χ2n) is 8.64. The Labute approximate surface area is 210 Å². The number of benzene rings is 2. The molecule has 1 fully saturated rings. The molecule has 1 unspecified atom stereocenters. The van der Waals surface area contributed by atoms with E-state index in [1.807, 2.05) is 0 Å². The highest BCUT2D eigenvalue weighted by Gasteiger charge is 2.45. The Morgan fingerprint density at radius 3 is 2.67 bits per heavy atom. The summed E-state index contributed by atoms with van der Waals surface area (Å²) in [5.74, 6) is -3.82. The van der Waals surface area contributed by atoms with E-state index in [4.69, 9.17) is 21.1 Å². The number of fused-ring (bicyclic) bond motifs is 1. The summed E-state index contributed by atoms with van der Waals surface area (Å²) in [4.78, 5) is 27.7. The molecule has 0 spiro atoms. The average Bonchev–Trinajstić information content (AvgIpc) is 3.43. The molecule has 2 aromatic carbocycles. The van der Waals surface area contributed by atoms with Gasteiger partial charge in [-0.2, -0.15) is 5.10 Å². The first-order chi connectivity index (χ1) is 17.4. The lowest BCUT2D eigenvalue weighted by molar-refractivity contribution is -0.120. The van der Waals surface area contributed by atoms with Crippen LogP contribution in [-0.4, -0.2) is 48.4 Å². The number of anilines is 1. The Kier molecular flexibility index (Phi) is 6.53. The first-order valence-electron chi connectivity index (χ1n) is 11.4. The number of ether oxygens (including phenoxy) is 2. The summed E-state index contributed by atoms with van der Waals surface area (Å²) >= 11 is 5.89. The molecule has 3 aromatic rings. The molecule has 2 aliphatic rings. The SMILES string of the molecule is COc1cc(F)c([C@@H]2CN(c3cnn4c3OCCC4)C(=O)C2CNC(=O)c2ccc(Cl)cc2)c(F)c1. The van der Waals surface area contributed by atoms with Crippen molar-refractivity contribution in [1.29, 1.82) is 0 Å². The summed E-state index contributed by atoms with van der Waals surface area (Å²) in [6.07, 6.45) is 2.30. The third-order valence-electron chi connectivity index (χ3n) is 6.51. The van der Waals surface area contributed by atoms with E-state index in [1.165, 1.54) is 18.2 Å². The quantitative estimate of drug-likeness (QED) is 0.539. The highest BCUT2D eigenvalue weighted by Crippen LogP contribution is 2.42. The molecule has 1 N–H and O–H groups in total. The van der Waals surface area contributed by atoms with Crippen LogP contribution in [0.5, 0.6) is 11.6 Å². The van der Waals surface area contributed by atoms with Crippen LogP contribution >= 0.6 is 11.6 Å². The smallest absolute Gasteiger partial charge is 0.251 e. The highest BCUT2D eigenvalue weighted by molar-refractivity contribution is 6.30. The molecule has 1 aromatic heterocycles. The van der Waals surface area contributed by atoms with E-state index in [2.05, 4.69) is 10.4 Å². The van der Waals surface area contributed by atoms with Crippen LogP contribution in [0.15, 0.2) is 42.6 Å². The van der Waals surface area contributed by atoms with E-state index in [-0.39, 0.29) is 24.4 Å². The van der Waals surface area contributed by atoms with Gasteiger partial charge in [0.25, 0.3) is 5.91 Å². The van der Waals surface area contributed by atoms with Crippen LogP contribution in [-0.2, 0) is 11.3 Å². The highest BCUT2D eigenvalue weighted by atomic mass is 35.5. The van der Waals surface area contributed by atoms with Gasteiger partial charge in [-0.15, -0.1) is 0 Å². The Bertz CT molecular complexity index is 1290. The third kappa shape index (κ3) is 4.37. The molecule has 36 heavy (non-hydrogen) atoms. The minimum absolute atomic E-state index is 0.0114. The Hall–Kier alpha value is -3.66. The van der Waals surface area contributed by atoms with E-state index in [0.29, 0.717) is 35.3 Å². The first-order valence-corrected chi connectivity index (χ1v) is 11.8. The zero-order valence-corrected chi connectivity index (χ0v) is 20.1. The van der Waals surface area contributed by atoms with Gasteiger partial charge in [-0.05, 0) is 24.3 Å². The Balaban J connectivity index is 1.47. The maximum absolute atomic E-state index is 15.1. The molecule has 0 aliphatic carbocycles. The minimum atomic E-state index is -0.933. The fourth-order valence-corrected chi connectivity index (χ4v) is 4.83. The summed E-state index contributed by atoms with van der Waals surface area (Å²) in [5, 5.41) is 7.50. The number of hydrogen-bond donors (Lipinski definition) is 1. The fourth-order valence-electron chi connectivity index (χ4n) is 4.70. The lowest BCUT2D eigenvalue weighted by Gasteiger charge is -2.20. The molecule has 5 rings (SSSR count). The largest absolute Gasteiger partial charge is 0.497 e. The number of amides is 2. The zero-order valence-electron chi connectivity index (χ0n) is 19.3. The van der Waals surface area contributed by atoms with Gasteiger partial charge in [0.05, 0.1) is 25.8 Å². The van der Waals surface area contributed by atoms with E-state index in [1.54, 1.807) is 28.9 Å². The summed E-state index contributed by atoms with van der Waals surface area (Å²) in [6.45, 7) is 0.981. The van der Waals surface area contributed by atoms with Crippen molar-refractivity contribution in [2.45, 2.75) is 18.9 Å². The van der Waals surface area contributed by atoms with Gasteiger partial charge in [0.1, 0.15) is 23.1 Å². The van der Waals surface area contributed by atoms with Crippen molar-refractivity contribution >= 4 is 29.1 Å². The lowest BCUT2D eigenvalue weighted by atomic mass is 9.87. The second-order valence-corrected chi connectivity index (χ2v) is 9.08. The Morgan fingerprint density at radius 2 is 1.97 bits per heavy atom. The van der Waals surface area contributed by atoms with E-state index >= 15 is 8.78 Å². The molecule has 8 nitrogen and oxygen atoms in total. The topological polar surface area (TPSA) is 85.7 Å². The van der Waals surface area contributed by atoms with Crippen molar-refractivity contribution in [3.05, 3.63) is 70.4 Å². The van der Waals surface area contributed by atoms with Crippen LogP contribution in [0.4, 0.5) is 14.5 Å². The van der Waals surface area contributed by atoms with Gasteiger partial charge in [0.2, 0.25) is 11.8 Å². The molecule has 188 valence electrons. The number of nitrogens with zero attached hydrogens (tertiary/aromatic N) is 3. The number of halogens is 3. The van der Waals surface area contributed by atoms with Crippen molar-refractivity contribution in [2.75, 3.05) is 31.7 Å². The minimum Gasteiger partial charge on any atom is -0.497 e. The Morgan fingerprint density at radius 1 is 1.25 bits per heavy atom. The number of methoxy groups -OCH3 is 1. The summed E-state index contributed by atoms with van der Waals surface area (Å²) in [7, 11) is 1.31. The molecule has 0 bridgehead atoms. The molecule has 2 amide bonds. The van der Waals surface area contributed by atoms with E-state index in [0.717, 1.165) is 18.6 Å². The van der Waals surface area contributed by atoms with Crippen molar-refractivity contribution in [2.24, 2.45) is 5.92 Å². The average molecular weight is 517 g/mol. The van der Waals surface area contributed by atoms with Gasteiger partial charge in [0.15, 0.2) is 0 Å². The van der Waals surface area contributed by atoms with Crippen LogP contribution in [0.3, 0.4) is 0 Å². The molecular weight excluding hydrogens is 494 g/mol. The van der Waals surface area contributed by atoms with Gasteiger partial charge >= 0.3 is 0 Å². The molecule has 3 heterocycles. The second kappa shape index (κ2) is 9.77. The number of rotatable bonds is 6. The lowest BCUT2D eigenvalue weighted by Crippen LogP contribution is -2.36. The van der Waals surface area contributed by atoms with Crippen LogP contribution in [0.1, 0.15) is 28.3 Å². The third-order valence-corrected chi connectivity index (χ3v) is 6.76. The van der Waals surface area contributed by atoms with Crippen molar-refractivity contribution in [3.63, 3.8) is 0 Å². The van der Waals surface area contributed by atoms with Crippen molar-refractivity contribution in [1.82, 2.24) is 15.1 Å². The number of carbonyl (C=O) groups is 2. The van der Waals surface area contributed by atoms with Gasteiger partial charge in [-0.1, -0.05) is 11.6 Å². The van der Waals surface area contributed by atoms with E-state index in [9.17, 15) is 9.59 Å². The summed E-state index contributed by atoms with van der Waals surface area (Å²) in [6, 6.07) is 8.42. The maximum Gasteiger partial charge on any atom is 0.251 e. The molecule has 0 radical (unpaired) electrons. The normalized spacial score (nSPS) is 19.1. The standard InChI is InChI=1S/C25H23ClF2N4O4/c1-35-16-9-19(27)22(20(28)10-16)18-13-31(21-12-30-32-7-2-8-36-25(21)32)24(34)17(18)11-29-23(33)14-3-5-15(26)6-4-14/h3-6,9-10,12,17-18H,2,7-8,11,13H2,1H3,(H,29,33)/t17?,18-/m1/s1. The molecule has 2 aliphatic heterocycles. The maximum atomic E-state index is 15.1. The van der Waals surface area contributed by atoms with Gasteiger partial charge in [0, 0.05) is 60.3 Å². The van der Waals surface area contributed by atoms with Gasteiger partial charge in [-0.3, -0.25) is 9.59 Å². The van der Waals surface area contributed by atoms with Crippen LogP contribution < -0.4 is 19.7 Å². The number of carbonyl (C=O) groups excluding carboxylic acids is 2. The predicted molar refractivity (Wildman–Crippen MR) is 128 cm³/mol. The van der Waals surface area contributed by atoms with Gasteiger partial charge in [-0.25, -0.2) is 13.5 Å². The summed E-state index contributed by atoms with van der Waals surface area (Å²) in [5.41, 5.74) is 0.545. The van der Waals surface area contributed by atoms with Crippen molar-refractivity contribution < 1.29 is 27.8 Å². The number of hydrogen-bond acceptors (Lipinski definition) is 5. The number of aryl methyl sites for hydroxylation is 1. The van der Waals surface area contributed by atoms with Crippen LogP contribution in [0, 0.1) is 17.6 Å². The zero-order chi connectivity index (χ0) is 25.4. The van der Waals surface area contributed by atoms with Crippen molar-refractivity contribution in [3.8, 4) is 11.6 Å². The van der Waals surface area contributed by atoms with Crippen LogP contribution in [0.25, 0.3) is 0 Å². The fraction of sp³-hybridized carbons (Fsp3) is 0.320. The van der Waals surface area contributed by atoms with E-state index < -0.39 is 35.3 Å². The molecule has 0 saturated carbocycles. The summed E-state index contributed by atoms with van der Waals surface area (Å²) < 4.78 is 42.6. The molecule has 11 heteroatoms. The molecule has 1 saturated heterocycles. The monoisotopic (exact) mass is 516 g/mol. The van der Waals surface area contributed by atoms with Crippen LogP contribution in [0.2, 0.25) is 5.02 Å². The number of aromatic nitrogens is 2. The number of nitrogens with one attached hydrogen (secondary N) is 1. The predicted octanol–water partition coefficient (Wildman–Crippen LogP) is 3.78. The van der Waals surface area contributed by atoms with Gasteiger partial charge < -0.3 is 19.7 Å².